The molecule has 0 aromatic heterocycles. The number of carbonyl (C=O) groups excluding carboxylic acids is 1. The molecule has 1 fully saturated rings. The predicted octanol–water partition coefficient (Wildman–Crippen LogP) is 2.35. The van der Waals surface area contributed by atoms with E-state index in [2.05, 4.69) is 34.7 Å². The van der Waals surface area contributed by atoms with Crippen molar-refractivity contribution in [3.8, 4) is 0 Å². The molecule has 100 valence electrons. The predicted molar refractivity (Wildman–Crippen MR) is 75.5 cm³/mol. The number of alkyl halides is 1. The van der Waals surface area contributed by atoms with E-state index in [0.717, 1.165) is 44.9 Å². The molecule has 0 bridgehead atoms. The smallest absolute Gasteiger partial charge is 0.236 e. The van der Waals surface area contributed by atoms with E-state index < -0.39 is 0 Å². The lowest BCUT2D eigenvalue weighted by Crippen LogP contribution is -2.43. The van der Waals surface area contributed by atoms with Gasteiger partial charge >= 0.3 is 0 Å². The van der Waals surface area contributed by atoms with Gasteiger partial charge in [-0.2, -0.15) is 0 Å². The van der Waals surface area contributed by atoms with Gasteiger partial charge in [-0.15, -0.1) is 0 Å². The van der Waals surface area contributed by atoms with E-state index in [0.29, 0.717) is 0 Å². The Bertz CT molecular complexity index is 234. The highest BCUT2D eigenvalue weighted by molar-refractivity contribution is 9.10. The molecule has 1 amide bonds. The molecule has 0 aromatic rings. The van der Waals surface area contributed by atoms with Crippen LogP contribution in [0.4, 0.5) is 0 Å². The van der Waals surface area contributed by atoms with Crippen molar-refractivity contribution < 1.29 is 4.79 Å². The van der Waals surface area contributed by atoms with Crippen molar-refractivity contribution in [1.29, 1.82) is 0 Å². The van der Waals surface area contributed by atoms with E-state index >= 15 is 0 Å². The molecule has 0 radical (unpaired) electrons. The standard InChI is InChI=1S/C13H25BrN2O/c1-4-15(5-2)10-12-6-8-16(9-7-12)13(17)11(3)14/h11-12H,4-10H2,1-3H3. The number of amides is 1. The molecule has 1 atom stereocenters. The quantitative estimate of drug-likeness (QED) is 0.728. The van der Waals surface area contributed by atoms with Crippen molar-refractivity contribution in [2.24, 2.45) is 5.92 Å². The first-order valence-electron chi connectivity index (χ1n) is 6.73. The van der Waals surface area contributed by atoms with Gasteiger partial charge in [-0.25, -0.2) is 0 Å². The molecule has 1 rings (SSSR count). The van der Waals surface area contributed by atoms with Crippen LogP contribution in [0.25, 0.3) is 0 Å². The largest absolute Gasteiger partial charge is 0.342 e. The molecular weight excluding hydrogens is 280 g/mol. The average Bonchev–Trinajstić information content (AvgIpc) is 2.35. The summed E-state index contributed by atoms with van der Waals surface area (Å²) in [6.07, 6.45) is 2.31. The molecule has 1 saturated heterocycles. The van der Waals surface area contributed by atoms with Gasteiger partial charge in [0.2, 0.25) is 5.91 Å². The molecule has 0 N–H and O–H groups in total. The molecule has 1 aliphatic rings. The third-order valence-electron chi connectivity index (χ3n) is 3.68. The second kappa shape index (κ2) is 7.37. The van der Waals surface area contributed by atoms with Crippen LogP contribution in [0.5, 0.6) is 0 Å². The number of halogens is 1. The molecule has 0 saturated carbocycles. The van der Waals surface area contributed by atoms with Gasteiger partial charge in [0.1, 0.15) is 0 Å². The van der Waals surface area contributed by atoms with Crippen LogP contribution in [0.2, 0.25) is 0 Å². The Kier molecular flexibility index (Phi) is 6.49. The summed E-state index contributed by atoms with van der Waals surface area (Å²) in [5.74, 6) is 1.01. The number of carbonyl (C=O) groups is 1. The zero-order valence-corrected chi connectivity index (χ0v) is 12.9. The molecule has 17 heavy (non-hydrogen) atoms. The SMILES string of the molecule is CCN(CC)CC1CCN(C(=O)C(C)Br)CC1. The Morgan fingerprint density at radius 1 is 1.35 bits per heavy atom. The van der Waals surface area contributed by atoms with E-state index in [1.165, 1.54) is 6.54 Å². The zero-order chi connectivity index (χ0) is 12.8. The minimum absolute atomic E-state index is 0.0400. The maximum absolute atomic E-state index is 11.8. The van der Waals surface area contributed by atoms with Crippen molar-refractivity contribution >= 4 is 21.8 Å². The number of hydrogen-bond acceptors (Lipinski definition) is 2. The Labute approximate surface area is 114 Å². The fraction of sp³-hybridized carbons (Fsp3) is 0.923. The Morgan fingerprint density at radius 2 is 1.88 bits per heavy atom. The molecule has 0 spiro atoms. The fourth-order valence-corrected chi connectivity index (χ4v) is 2.72. The molecule has 1 heterocycles. The molecule has 1 unspecified atom stereocenters. The van der Waals surface area contributed by atoms with Crippen LogP contribution >= 0.6 is 15.9 Å². The Balaban J connectivity index is 2.33. The van der Waals surface area contributed by atoms with Gasteiger partial charge in [-0.3, -0.25) is 4.79 Å². The lowest BCUT2D eigenvalue weighted by molar-refractivity contribution is -0.131. The molecule has 4 heteroatoms. The highest BCUT2D eigenvalue weighted by atomic mass is 79.9. The lowest BCUT2D eigenvalue weighted by Gasteiger charge is -2.35. The topological polar surface area (TPSA) is 23.6 Å². The van der Waals surface area contributed by atoms with Crippen molar-refractivity contribution in [1.82, 2.24) is 9.80 Å². The van der Waals surface area contributed by atoms with E-state index in [1.807, 2.05) is 11.8 Å². The van der Waals surface area contributed by atoms with Crippen LogP contribution in [0.3, 0.4) is 0 Å². The summed E-state index contributed by atoms with van der Waals surface area (Å²) in [4.78, 5) is 16.2. The van der Waals surface area contributed by atoms with Crippen LogP contribution in [0, 0.1) is 5.92 Å². The van der Waals surface area contributed by atoms with Gasteiger partial charge in [0, 0.05) is 19.6 Å². The highest BCUT2D eigenvalue weighted by Gasteiger charge is 2.25. The molecular formula is C13H25BrN2O. The van der Waals surface area contributed by atoms with Gasteiger partial charge < -0.3 is 9.80 Å². The second-order valence-electron chi connectivity index (χ2n) is 4.87. The van der Waals surface area contributed by atoms with E-state index in [4.69, 9.17) is 0 Å². The summed E-state index contributed by atoms with van der Waals surface area (Å²) in [6, 6.07) is 0. The number of piperidine rings is 1. The third kappa shape index (κ3) is 4.59. The van der Waals surface area contributed by atoms with E-state index in [9.17, 15) is 4.79 Å². The minimum atomic E-state index is -0.0400. The van der Waals surface area contributed by atoms with Crippen LogP contribution < -0.4 is 0 Å². The summed E-state index contributed by atoms with van der Waals surface area (Å²) in [7, 11) is 0. The normalized spacial score (nSPS) is 19.7. The second-order valence-corrected chi connectivity index (χ2v) is 6.24. The molecule has 3 nitrogen and oxygen atoms in total. The summed E-state index contributed by atoms with van der Waals surface area (Å²) in [5, 5.41) is 0. The Morgan fingerprint density at radius 3 is 2.29 bits per heavy atom. The van der Waals surface area contributed by atoms with E-state index in [-0.39, 0.29) is 10.7 Å². The average molecular weight is 305 g/mol. The maximum Gasteiger partial charge on any atom is 0.236 e. The molecule has 0 aliphatic carbocycles. The minimum Gasteiger partial charge on any atom is -0.342 e. The van der Waals surface area contributed by atoms with Crippen LogP contribution in [0.15, 0.2) is 0 Å². The van der Waals surface area contributed by atoms with Gasteiger partial charge in [0.25, 0.3) is 0 Å². The summed E-state index contributed by atoms with van der Waals surface area (Å²) in [6.45, 7) is 11.7. The molecule has 0 aromatic carbocycles. The first-order chi connectivity index (χ1) is 8.08. The van der Waals surface area contributed by atoms with Gasteiger partial charge in [-0.05, 0) is 38.8 Å². The zero-order valence-electron chi connectivity index (χ0n) is 11.3. The van der Waals surface area contributed by atoms with Crippen LogP contribution in [-0.4, -0.2) is 53.3 Å². The molecule has 1 aliphatic heterocycles. The van der Waals surface area contributed by atoms with Crippen molar-refractivity contribution in [2.75, 3.05) is 32.7 Å². The number of rotatable bonds is 5. The highest BCUT2D eigenvalue weighted by Crippen LogP contribution is 2.20. The van der Waals surface area contributed by atoms with E-state index in [1.54, 1.807) is 0 Å². The van der Waals surface area contributed by atoms with Crippen LogP contribution in [-0.2, 0) is 4.79 Å². The van der Waals surface area contributed by atoms with Crippen LogP contribution in [0.1, 0.15) is 33.6 Å². The summed E-state index contributed by atoms with van der Waals surface area (Å²) in [5.41, 5.74) is 0. The summed E-state index contributed by atoms with van der Waals surface area (Å²) >= 11 is 3.35. The number of likely N-dealkylation sites (tertiary alicyclic amines) is 1. The summed E-state index contributed by atoms with van der Waals surface area (Å²) < 4.78 is 0. The first kappa shape index (κ1) is 15.0. The van der Waals surface area contributed by atoms with Gasteiger partial charge in [-0.1, -0.05) is 29.8 Å². The van der Waals surface area contributed by atoms with Gasteiger partial charge in [0.15, 0.2) is 0 Å². The van der Waals surface area contributed by atoms with Crippen molar-refractivity contribution in [3.05, 3.63) is 0 Å². The monoisotopic (exact) mass is 304 g/mol. The Hall–Kier alpha value is -0.0900. The fourth-order valence-electron chi connectivity index (χ4n) is 2.43. The lowest BCUT2D eigenvalue weighted by atomic mass is 9.96. The third-order valence-corrected chi connectivity index (χ3v) is 4.07. The first-order valence-corrected chi connectivity index (χ1v) is 7.65. The van der Waals surface area contributed by atoms with Crippen molar-refractivity contribution in [3.63, 3.8) is 0 Å². The van der Waals surface area contributed by atoms with Gasteiger partial charge in [0.05, 0.1) is 4.83 Å². The number of nitrogens with zero attached hydrogens (tertiary/aromatic N) is 2. The van der Waals surface area contributed by atoms with Crippen molar-refractivity contribution in [2.45, 2.75) is 38.4 Å². The maximum atomic E-state index is 11.8. The number of hydrogen-bond donors (Lipinski definition) is 0.